The molecule has 30 heavy (non-hydrogen) atoms. The fourth-order valence-electron chi connectivity index (χ4n) is 3.04. The zero-order valence-corrected chi connectivity index (χ0v) is 17.0. The molecule has 0 unspecified atom stereocenters. The van der Waals surface area contributed by atoms with Crippen LogP contribution >= 0.6 is 0 Å². The van der Waals surface area contributed by atoms with E-state index < -0.39 is 0 Å². The Morgan fingerprint density at radius 3 is 2.67 bits per heavy atom. The second-order valence-electron chi connectivity index (χ2n) is 6.84. The van der Waals surface area contributed by atoms with Crippen LogP contribution in [0.3, 0.4) is 0 Å². The Labute approximate surface area is 174 Å². The molecule has 0 aliphatic rings. The SMILES string of the molecule is CCCc1c(Oc2ccc(-c3nnn(CCCC#N)n3)cc2)ccc(C(C)=O)c1O. The molecule has 0 spiro atoms. The number of hydrogen-bond donors (Lipinski definition) is 1. The lowest BCUT2D eigenvalue weighted by Crippen LogP contribution is -2.02. The average molecular weight is 405 g/mol. The largest absolute Gasteiger partial charge is 0.507 e. The number of aryl methyl sites for hydroxylation is 1. The number of hydrogen-bond acceptors (Lipinski definition) is 7. The maximum Gasteiger partial charge on any atom is 0.204 e. The summed E-state index contributed by atoms with van der Waals surface area (Å²) in [6, 6.07) is 12.6. The van der Waals surface area contributed by atoms with Crippen molar-refractivity contribution in [1.29, 1.82) is 5.26 Å². The molecule has 0 radical (unpaired) electrons. The van der Waals surface area contributed by atoms with E-state index in [-0.39, 0.29) is 11.5 Å². The first-order valence-electron chi connectivity index (χ1n) is 9.82. The molecule has 0 fully saturated rings. The molecule has 0 aliphatic heterocycles. The summed E-state index contributed by atoms with van der Waals surface area (Å²) < 4.78 is 5.98. The number of phenolic OH excluding ortho intramolecular Hbond substituents is 1. The summed E-state index contributed by atoms with van der Waals surface area (Å²) in [5.74, 6) is 1.40. The van der Waals surface area contributed by atoms with E-state index in [1.54, 1.807) is 24.3 Å². The number of aromatic nitrogens is 4. The molecular weight excluding hydrogens is 382 g/mol. The van der Waals surface area contributed by atoms with Crippen molar-refractivity contribution in [3.63, 3.8) is 0 Å². The van der Waals surface area contributed by atoms with Gasteiger partial charge in [0.25, 0.3) is 0 Å². The average Bonchev–Trinajstić information content (AvgIpc) is 3.20. The third kappa shape index (κ3) is 4.81. The number of unbranched alkanes of at least 4 members (excludes halogenated alkanes) is 1. The number of phenols is 1. The Morgan fingerprint density at radius 2 is 2.00 bits per heavy atom. The van der Waals surface area contributed by atoms with Crippen molar-refractivity contribution in [3.8, 4) is 34.7 Å². The number of benzene rings is 2. The number of tetrazole rings is 1. The molecular formula is C22H23N5O3. The third-order valence-corrected chi connectivity index (χ3v) is 4.56. The summed E-state index contributed by atoms with van der Waals surface area (Å²) in [6.45, 7) is 3.97. The summed E-state index contributed by atoms with van der Waals surface area (Å²) in [5.41, 5.74) is 1.71. The Morgan fingerprint density at radius 1 is 1.23 bits per heavy atom. The highest BCUT2D eigenvalue weighted by molar-refractivity contribution is 5.97. The first-order valence-corrected chi connectivity index (χ1v) is 9.82. The maximum absolute atomic E-state index is 11.7. The zero-order chi connectivity index (χ0) is 21.5. The standard InChI is InChI=1S/C22H23N5O3/c1-3-6-19-20(12-11-18(15(2)28)21(19)29)30-17-9-7-16(8-10-17)22-24-26-27(25-22)14-5-4-13-23/h7-12,29H,3-6,14H2,1-2H3. The molecule has 3 rings (SSSR count). The van der Waals surface area contributed by atoms with E-state index in [1.807, 2.05) is 19.1 Å². The molecule has 3 aromatic rings. The fourth-order valence-corrected chi connectivity index (χ4v) is 3.04. The number of nitriles is 1. The monoisotopic (exact) mass is 405 g/mol. The normalized spacial score (nSPS) is 10.6. The van der Waals surface area contributed by atoms with Gasteiger partial charge in [-0.1, -0.05) is 13.3 Å². The van der Waals surface area contributed by atoms with Crippen LogP contribution in [0, 0.1) is 11.3 Å². The van der Waals surface area contributed by atoms with Gasteiger partial charge in [0.15, 0.2) is 5.78 Å². The number of ketones is 1. The van der Waals surface area contributed by atoms with E-state index >= 15 is 0 Å². The predicted molar refractivity (Wildman–Crippen MR) is 110 cm³/mol. The molecule has 154 valence electrons. The van der Waals surface area contributed by atoms with Crippen LogP contribution in [0.2, 0.25) is 0 Å². The van der Waals surface area contributed by atoms with Crippen molar-refractivity contribution < 1.29 is 14.6 Å². The Balaban J connectivity index is 1.77. The number of rotatable bonds is 9. The van der Waals surface area contributed by atoms with Gasteiger partial charge in [0, 0.05) is 17.5 Å². The molecule has 1 N–H and O–H groups in total. The quantitative estimate of drug-likeness (QED) is 0.417. The van der Waals surface area contributed by atoms with Crippen molar-refractivity contribution in [2.45, 2.75) is 46.1 Å². The highest BCUT2D eigenvalue weighted by Gasteiger charge is 2.16. The zero-order valence-electron chi connectivity index (χ0n) is 17.0. The molecule has 2 aromatic carbocycles. The van der Waals surface area contributed by atoms with E-state index in [2.05, 4.69) is 21.5 Å². The van der Waals surface area contributed by atoms with Crippen LogP contribution in [0.25, 0.3) is 11.4 Å². The van der Waals surface area contributed by atoms with Crippen molar-refractivity contribution >= 4 is 5.78 Å². The molecule has 0 bridgehead atoms. The maximum atomic E-state index is 11.7. The summed E-state index contributed by atoms with van der Waals surface area (Å²) in [6.07, 6.45) is 2.53. The van der Waals surface area contributed by atoms with Gasteiger partial charge in [0.05, 0.1) is 18.2 Å². The number of ether oxygens (including phenoxy) is 1. The summed E-state index contributed by atoms with van der Waals surface area (Å²) in [4.78, 5) is 13.2. The molecule has 0 amide bonds. The topological polar surface area (TPSA) is 114 Å². The van der Waals surface area contributed by atoms with Gasteiger partial charge in [-0.3, -0.25) is 4.79 Å². The van der Waals surface area contributed by atoms with Crippen LogP contribution in [0.1, 0.15) is 49.0 Å². The number of Topliss-reactive ketones (excluding diaryl/α,β-unsaturated/α-hetero) is 1. The van der Waals surface area contributed by atoms with E-state index in [0.29, 0.717) is 54.3 Å². The summed E-state index contributed by atoms with van der Waals surface area (Å²) >= 11 is 0. The fraction of sp³-hybridized carbons (Fsp3) is 0.318. The van der Waals surface area contributed by atoms with Crippen LogP contribution in [0.15, 0.2) is 36.4 Å². The molecule has 0 atom stereocenters. The number of carbonyl (C=O) groups excluding carboxylic acids is 1. The smallest absolute Gasteiger partial charge is 0.204 e. The van der Waals surface area contributed by atoms with Gasteiger partial charge in [-0.2, -0.15) is 10.1 Å². The van der Waals surface area contributed by atoms with Crippen LogP contribution in [-0.2, 0) is 13.0 Å². The Kier molecular flexibility index (Phi) is 6.75. The van der Waals surface area contributed by atoms with Crippen molar-refractivity contribution in [2.24, 2.45) is 0 Å². The highest BCUT2D eigenvalue weighted by Crippen LogP contribution is 2.35. The number of nitrogens with zero attached hydrogens (tertiary/aromatic N) is 5. The van der Waals surface area contributed by atoms with Gasteiger partial charge in [0.1, 0.15) is 17.2 Å². The van der Waals surface area contributed by atoms with Gasteiger partial charge < -0.3 is 9.84 Å². The second-order valence-corrected chi connectivity index (χ2v) is 6.84. The number of carbonyl (C=O) groups is 1. The first kappa shape index (κ1) is 21.0. The lowest BCUT2D eigenvalue weighted by molar-refractivity contribution is 0.101. The molecule has 0 aliphatic carbocycles. The van der Waals surface area contributed by atoms with E-state index in [4.69, 9.17) is 10.00 Å². The van der Waals surface area contributed by atoms with Gasteiger partial charge in [-0.25, -0.2) is 0 Å². The van der Waals surface area contributed by atoms with Gasteiger partial charge in [-0.05, 0) is 61.4 Å². The second kappa shape index (κ2) is 9.65. The predicted octanol–water partition coefficient (Wildman–Crippen LogP) is 4.30. The lowest BCUT2D eigenvalue weighted by Gasteiger charge is -2.14. The van der Waals surface area contributed by atoms with E-state index in [0.717, 1.165) is 12.0 Å². The van der Waals surface area contributed by atoms with Crippen LogP contribution in [-0.4, -0.2) is 31.1 Å². The van der Waals surface area contributed by atoms with Crippen LogP contribution in [0.4, 0.5) is 0 Å². The van der Waals surface area contributed by atoms with Crippen molar-refractivity contribution in [1.82, 2.24) is 20.2 Å². The Bertz CT molecular complexity index is 1070. The minimum atomic E-state index is -0.186. The van der Waals surface area contributed by atoms with Gasteiger partial charge in [-0.15, -0.1) is 10.2 Å². The minimum Gasteiger partial charge on any atom is -0.507 e. The highest BCUT2D eigenvalue weighted by atomic mass is 16.5. The van der Waals surface area contributed by atoms with Gasteiger partial charge in [0.2, 0.25) is 5.82 Å². The van der Waals surface area contributed by atoms with E-state index in [1.165, 1.54) is 11.7 Å². The number of aromatic hydroxyl groups is 1. The third-order valence-electron chi connectivity index (χ3n) is 4.56. The minimum absolute atomic E-state index is 0.0179. The van der Waals surface area contributed by atoms with Crippen LogP contribution < -0.4 is 4.74 Å². The molecule has 0 saturated carbocycles. The first-order chi connectivity index (χ1) is 14.5. The summed E-state index contributed by atoms with van der Waals surface area (Å²) in [7, 11) is 0. The van der Waals surface area contributed by atoms with Gasteiger partial charge >= 0.3 is 0 Å². The Hall–Kier alpha value is -3.73. The van der Waals surface area contributed by atoms with Crippen LogP contribution in [0.5, 0.6) is 17.2 Å². The lowest BCUT2D eigenvalue weighted by atomic mass is 10.0. The molecule has 0 saturated heterocycles. The summed E-state index contributed by atoms with van der Waals surface area (Å²) in [5, 5.41) is 31.4. The van der Waals surface area contributed by atoms with E-state index in [9.17, 15) is 9.90 Å². The molecule has 8 nitrogen and oxygen atoms in total. The molecule has 1 aromatic heterocycles. The molecule has 1 heterocycles. The van der Waals surface area contributed by atoms with Crippen molar-refractivity contribution in [3.05, 3.63) is 47.5 Å². The molecule has 8 heteroatoms. The van der Waals surface area contributed by atoms with Crippen molar-refractivity contribution in [2.75, 3.05) is 0 Å².